The van der Waals surface area contributed by atoms with Crippen molar-refractivity contribution in [2.24, 2.45) is 0 Å². The molecule has 7 rings (SSSR count). The zero-order valence-corrected chi connectivity index (χ0v) is 32.6. The summed E-state index contributed by atoms with van der Waals surface area (Å²) in [5, 5.41) is 39.6. The second-order valence-electron chi connectivity index (χ2n) is 15.2. The first-order valence-electron chi connectivity index (χ1n) is 18.4. The molecule has 3 heterocycles. The van der Waals surface area contributed by atoms with Crippen molar-refractivity contribution < 1.29 is 38.9 Å². The molecule has 3 unspecified atom stereocenters. The Morgan fingerprint density at radius 2 is 1.72 bits per heavy atom. The van der Waals surface area contributed by atoms with Crippen LogP contribution < -0.4 is 20.9 Å². The van der Waals surface area contributed by atoms with Crippen molar-refractivity contribution in [1.29, 1.82) is 0 Å². The van der Waals surface area contributed by atoms with Crippen LogP contribution >= 0.6 is 11.6 Å². The SMILES string of the molecule is C[C@@H](O)C(CO)NC(=O)Nc1ccc(C2CC2(C(=O)Nc2ccc3[nH]c(C(=O)OC(C)(C)C)cc3c2)N2CCN(c3cc(Cl)ccc3-n3cnnn3)C(=O)C2=O)cc1. The van der Waals surface area contributed by atoms with Gasteiger partial charge in [0.15, 0.2) is 0 Å². The van der Waals surface area contributed by atoms with Crippen molar-refractivity contribution in [3.05, 3.63) is 89.3 Å². The summed E-state index contributed by atoms with van der Waals surface area (Å²) in [4.78, 5) is 73.8. The van der Waals surface area contributed by atoms with Crippen molar-refractivity contribution in [2.75, 3.05) is 35.2 Å². The highest BCUT2D eigenvalue weighted by molar-refractivity contribution is 6.42. The fraction of sp³-hybridized carbons (Fsp3) is 0.333. The Labute approximate surface area is 336 Å². The number of ether oxygens (including phenoxy) is 1. The number of hydrogen-bond acceptors (Lipinski definition) is 11. The van der Waals surface area contributed by atoms with Crippen LogP contribution in [-0.2, 0) is 19.1 Å². The fourth-order valence-corrected chi connectivity index (χ4v) is 7.25. The van der Waals surface area contributed by atoms with Gasteiger partial charge < -0.3 is 45.7 Å². The van der Waals surface area contributed by atoms with Gasteiger partial charge in [-0.3, -0.25) is 14.4 Å². The predicted molar refractivity (Wildman–Crippen MR) is 212 cm³/mol. The normalized spacial score (nSPS) is 19.1. The van der Waals surface area contributed by atoms with Crippen LogP contribution in [0.3, 0.4) is 0 Å². The number of rotatable bonds is 11. The van der Waals surface area contributed by atoms with Crippen LogP contribution in [0.25, 0.3) is 16.6 Å². The summed E-state index contributed by atoms with van der Waals surface area (Å²) in [6, 6.07) is 16.6. The lowest BCUT2D eigenvalue weighted by Crippen LogP contribution is -2.61. The summed E-state index contributed by atoms with van der Waals surface area (Å²) in [5.74, 6) is -3.39. The molecule has 2 fully saturated rings. The topological polar surface area (TPSA) is 237 Å². The number of tetrazole rings is 1. The van der Waals surface area contributed by atoms with Crippen LogP contribution in [0.2, 0.25) is 5.02 Å². The van der Waals surface area contributed by atoms with E-state index in [9.17, 15) is 34.2 Å². The van der Waals surface area contributed by atoms with Crippen LogP contribution in [0.15, 0.2) is 73.1 Å². The zero-order valence-electron chi connectivity index (χ0n) is 31.9. The number of aromatic nitrogens is 5. The van der Waals surface area contributed by atoms with Gasteiger partial charge in [-0.25, -0.2) is 9.59 Å². The molecule has 4 atom stereocenters. The van der Waals surface area contributed by atoms with E-state index in [1.165, 1.54) is 33.8 Å². The first kappa shape index (κ1) is 39.8. The van der Waals surface area contributed by atoms with Crippen molar-refractivity contribution in [3.8, 4) is 5.69 Å². The maximum Gasteiger partial charge on any atom is 0.355 e. The molecule has 0 radical (unpaired) electrons. The number of aromatic amines is 1. The second-order valence-corrected chi connectivity index (χ2v) is 15.6. The molecule has 3 aromatic carbocycles. The molecule has 5 amide bonds. The summed E-state index contributed by atoms with van der Waals surface area (Å²) in [6.45, 7) is 6.29. The van der Waals surface area contributed by atoms with Gasteiger partial charge in [-0.05, 0) is 105 Å². The van der Waals surface area contributed by atoms with Crippen LogP contribution in [-0.4, -0.2) is 113 Å². The Kier molecular flexibility index (Phi) is 10.7. The number of esters is 1. The maximum atomic E-state index is 14.6. The standard InChI is InChI=1S/C39H41ClN10O8/c1-21(52)30(19-51)45-37(57)43-25-8-5-22(6-9-25)27-18-39(27,36(56)42-26-10-11-28-23(15-26)16-29(44-28)35(55)58-38(2,3)4)49-14-13-48(33(53)34(49)54)32-17-24(40)7-12-31(32)50-20-41-46-47-50/h5-12,15-17,20-21,27,30,44,51-52H,13-14,18-19H2,1-4H3,(H,42,56)(H2,43,45,57)/t21-,27?,30?,39?/m1/s1. The van der Waals surface area contributed by atoms with E-state index in [2.05, 4.69) is 36.5 Å². The number of carbonyl (C=O) groups is 5. The van der Waals surface area contributed by atoms with E-state index in [4.69, 9.17) is 16.3 Å². The molecular weight excluding hydrogens is 772 g/mol. The third-order valence-corrected chi connectivity index (χ3v) is 10.3. The average Bonchev–Trinajstić information content (AvgIpc) is 3.46. The number of aliphatic hydroxyl groups excluding tert-OH is 2. The number of hydrogen-bond donors (Lipinski definition) is 6. The number of anilines is 3. The van der Waals surface area contributed by atoms with Gasteiger partial charge in [-0.15, -0.1) is 5.10 Å². The van der Waals surface area contributed by atoms with E-state index in [-0.39, 0.29) is 25.2 Å². The number of H-pyrrole nitrogens is 1. The predicted octanol–water partition coefficient (Wildman–Crippen LogP) is 3.36. The Morgan fingerprint density at radius 1 is 0.983 bits per heavy atom. The summed E-state index contributed by atoms with van der Waals surface area (Å²) < 4.78 is 6.84. The summed E-state index contributed by atoms with van der Waals surface area (Å²) in [5.41, 5.74) is 0.857. The molecule has 302 valence electrons. The Morgan fingerprint density at radius 3 is 2.40 bits per heavy atom. The first-order chi connectivity index (χ1) is 27.6. The third-order valence-electron chi connectivity index (χ3n) is 10.0. The lowest BCUT2D eigenvalue weighted by molar-refractivity contribution is -0.151. The lowest BCUT2D eigenvalue weighted by Gasteiger charge is -2.39. The second kappa shape index (κ2) is 15.5. The molecule has 1 aliphatic carbocycles. The molecule has 1 saturated carbocycles. The van der Waals surface area contributed by atoms with Gasteiger partial charge in [0.05, 0.1) is 30.1 Å². The van der Waals surface area contributed by atoms with Crippen molar-refractivity contribution in [1.82, 2.24) is 35.4 Å². The minimum Gasteiger partial charge on any atom is -0.455 e. The van der Waals surface area contributed by atoms with Crippen LogP contribution in [0, 0.1) is 0 Å². The quantitative estimate of drug-likeness (QED) is 0.0836. The number of halogens is 1. The Bertz CT molecular complexity index is 2400. The highest BCUT2D eigenvalue weighted by Gasteiger charge is 2.67. The van der Waals surface area contributed by atoms with Crippen LogP contribution in [0.5, 0.6) is 0 Å². The van der Waals surface area contributed by atoms with E-state index < -0.39 is 65.5 Å². The van der Waals surface area contributed by atoms with Crippen LogP contribution in [0.4, 0.5) is 21.9 Å². The van der Waals surface area contributed by atoms with Gasteiger partial charge in [0.2, 0.25) is 0 Å². The number of amides is 5. The number of aliphatic hydroxyl groups is 2. The molecule has 5 aromatic rings. The van der Waals surface area contributed by atoms with Gasteiger partial charge in [-0.1, -0.05) is 23.7 Å². The van der Waals surface area contributed by atoms with Crippen molar-refractivity contribution in [2.45, 2.75) is 63.3 Å². The molecule has 0 bridgehead atoms. The molecular formula is C39H41ClN10O8. The van der Waals surface area contributed by atoms with Gasteiger partial charge in [-0.2, -0.15) is 4.68 Å². The van der Waals surface area contributed by atoms with E-state index >= 15 is 0 Å². The average molecular weight is 813 g/mol. The van der Waals surface area contributed by atoms with E-state index in [0.29, 0.717) is 44.2 Å². The molecule has 2 aromatic heterocycles. The minimum atomic E-state index is -1.49. The van der Waals surface area contributed by atoms with Gasteiger partial charge in [0, 0.05) is 46.3 Å². The third kappa shape index (κ3) is 7.93. The van der Waals surface area contributed by atoms with Gasteiger partial charge in [0.25, 0.3) is 5.91 Å². The Hall–Kier alpha value is -6.37. The molecule has 2 aliphatic rings. The summed E-state index contributed by atoms with van der Waals surface area (Å²) in [7, 11) is 0. The number of nitrogens with zero attached hydrogens (tertiary/aromatic N) is 6. The van der Waals surface area contributed by atoms with Gasteiger partial charge >= 0.3 is 23.8 Å². The molecule has 1 saturated heterocycles. The minimum absolute atomic E-state index is 0.0126. The molecule has 1 aliphatic heterocycles. The smallest absolute Gasteiger partial charge is 0.355 e. The highest BCUT2D eigenvalue weighted by Crippen LogP contribution is 2.57. The maximum absolute atomic E-state index is 14.6. The van der Waals surface area contributed by atoms with Crippen molar-refractivity contribution >= 4 is 69.3 Å². The lowest BCUT2D eigenvalue weighted by atomic mass is 10.0. The summed E-state index contributed by atoms with van der Waals surface area (Å²) >= 11 is 6.34. The van der Waals surface area contributed by atoms with E-state index in [1.807, 2.05) is 0 Å². The number of piperazine rings is 1. The largest absolute Gasteiger partial charge is 0.455 e. The number of nitrogens with one attached hydrogen (secondary N) is 4. The number of fused-ring (bicyclic) bond motifs is 1. The van der Waals surface area contributed by atoms with E-state index in [1.54, 1.807) is 81.4 Å². The number of urea groups is 1. The fourth-order valence-electron chi connectivity index (χ4n) is 7.09. The van der Waals surface area contributed by atoms with Crippen molar-refractivity contribution in [3.63, 3.8) is 0 Å². The number of benzene rings is 3. The zero-order chi connectivity index (χ0) is 41.5. The molecule has 58 heavy (non-hydrogen) atoms. The van der Waals surface area contributed by atoms with E-state index in [0.717, 1.165) is 0 Å². The number of carbonyl (C=O) groups excluding carboxylic acids is 5. The van der Waals surface area contributed by atoms with Crippen LogP contribution in [0.1, 0.15) is 56.1 Å². The molecule has 19 heteroatoms. The Balaban J connectivity index is 1.17. The summed E-state index contributed by atoms with van der Waals surface area (Å²) in [6.07, 6.45) is 0.545. The highest BCUT2D eigenvalue weighted by atomic mass is 35.5. The molecule has 0 spiro atoms. The first-order valence-corrected chi connectivity index (χ1v) is 18.8. The monoisotopic (exact) mass is 812 g/mol. The molecule has 6 N–H and O–H groups in total. The molecule has 18 nitrogen and oxygen atoms in total. The van der Waals surface area contributed by atoms with Gasteiger partial charge in [0.1, 0.15) is 23.2 Å².